The van der Waals surface area contributed by atoms with Crippen molar-refractivity contribution in [3.05, 3.63) is 77.4 Å². The van der Waals surface area contributed by atoms with Crippen molar-refractivity contribution < 1.29 is 0 Å². The summed E-state index contributed by atoms with van der Waals surface area (Å²) in [6.45, 7) is 16.6. The molecule has 2 atom stereocenters. The molecule has 0 amide bonds. The van der Waals surface area contributed by atoms with E-state index in [4.69, 9.17) is 10.4 Å². The van der Waals surface area contributed by atoms with Crippen molar-refractivity contribution in [2.75, 3.05) is 4.90 Å². The molecular weight excluding hydrogens is 452 g/mol. The molecule has 3 aromatic rings. The van der Waals surface area contributed by atoms with E-state index in [1.165, 1.54) is 16.3 Å². The molecule has 3 aromatic carbocycles. The third-order valence-electron chi connectivity index (χ3n) is 7.76. The molecule has 0 spiro atoms. The Morgan fingerprint density at radius 1 is 0.973 bits per heavy atom. The molecule has 37 heavy (non-hydrogen) atoms. The Morgan fingerprint density at radius 3 is 2.08 bits per heavy atom. The topological polar surface area (TPSA) is 63.2 Å². The van der Waals surface area contributed by atoms with Gasteiger partial charge in [-0.3, -0.25) is 15.3 Å². The number of amidine groups is 2. The van der Waals surface area contributed by atoms with E-state index >= 15 is 0 Å². The van der Waals surface area contributed by atoms with Gasteiger partial charge in [0.25, 0.3) is 0 Å². The van der Waals surface area contributed by atoms with Gasteiger partial charge in [0, 0.05) is 22.6 Å². The van der Waals surface area contributed by atoms with Gasteiger partial charge in [-0.15, -0.1) is 0 Å². The average molecular weight is 495 g/mol. The largest absolute Gasteiger partial charge is 0.288 e. The van der Waals surface area contributed by atoms with Crippen LogP contribution in [0.15, 0.2) is 65.7 Å². The zero-order valence-electron chi connectivity index (χ0n) is 23.8. The van der Waals surface area contributed by atoms with Crippen LogP contribution in [-0.4, -0.2) is 17.2 Å². The van der Waals surface area contributed by atoms with Gasteiger partial charge in [0.15, 0.2) is 0 Å². The van der Waals surface area contributed by atoms with Crippen LogP contribution in [0.2, 0.25) is 0 Å². The fraction of sp³-hybridized carbons (Fsp3) is 0.424. The van der Waals surface area contributed by atoms with E-state index in [2.05, 4.69) is 56.3 Å². The van der Waals surface area contributed by atoms with Crippen molar-refractivity contribution >= 4 is 28.1 Å². The lowest BCUT2D eigenvalue weighted by atomic mass is 9.80. The van der Waals surface area contributed by atoms with Crippen LogP contribution in [0.25, 0.3) is 10.8 Å². The van der Waals surface area contributed by atoms with Crippen LogP contribution >= 0.6 is 0 Å². The minimum absolute atomic E-state index is 0.0295. The van der Waals surface area contributed by atoms with Crippen LogP contribution in [0.5, 0.6) is 0 Å². The van der Waals surface area contributed by atoms with E-state index in [9.17, 15) is 5.26 Å². The maximum atomic E-state index is 9.28. The maximum Gasteiger partial charge on any atom is 0.141 e. The third kappa shape index (κ3) is 4.57. The highest BCUT2D eigenvalue weighted by atomic mass is 15.3. The second kappa shape index (κ2) is 11.3. The first-order valence-electron chi connectivity index (χ1n) is 13.9. The second-order valence-electron chi connectivity index (χ2n) is 9.71. The Hall–Kier alpha value is -3.45. The van der Waals surface area contributed by atoms with Crippen molar-refractivity contribution in [1.29, 1.82) is 10.7 Å². The Morgan fingerprint density at radius 2 is 1.57 bits per heavy atom. The SMILES string of the molecule is CC.CC.CCC12C[C@]1(CC)N=C(N(C(=N)C(C)C)c1ccc(C#N)cc1)c1cc3ccccc3cc12. The van der Waals surface area contributed by atoms with Gasteiger partial charge in [-0.25, -0.2) is 0 Å². The molecule has 4 heteroatoms. The van der Waals surface area contributed by atoms with E-state index in [-0.39, 0.29) is 16.9 Å². The van der Waals surface area contributed by atoms with E-state index in [0.29, 0.717) is 11.4 Å². The molecule has 4 nitrogen and oxygen atoms in total. The van der Waals surface area contributed by atoms with Crippen LogP contribution in [-0.2, 0) is 5.41 Å². The number of aliphatic imine (C=N–C) groups is 1. The smallest absolute Gasteiger partial charge is 0.141 e. The van der Waals surface area contributed by atoms with Gasteiger partial charge in [-0.2, -0.15) is 5.26 Å². The maximum absolute atomic E-state index is 9.28. The Kier molecular flexibility index (Phi) is 8.59. The summed E-state index contributed by atoms with van der Waals surface area (Å²) in [5.74, 6) is 1.40. The fourth-order valence-corrected chi connectivity index (χ4v) is 5.71. The summed E-state index contributed by atoms with van der Waals surface area (Å²) in [5.41, 5.74) is 3.94. The Labute approximate surface area is 223 Å². The van der Waals surface area contributed by atoms with Gasteiger partial charge in [0.05, 0.1) is 17.2 Å². The Bertz CT molecular complexity index is 1330. The quantitative estimate of drug-likeness (QED) is 0.291. The standard InChI is InChI=1S/C29H30N4.2C2H6/c1-5-28-18-29(28,6-2)32-27(24-15-21-9-7-8-10-22(21)16-25(24)28)33(26(31)19(3)4)23-13-11-20(17-30)12-14-23;2*1-2/h7-16,19,31H,5-6,18H2,1-4H3;2*1-2H3/t28?,29-;;/m0../s1. The molecular formula is C33H42N4. The molecule has 5 rings (SSSR count). The molecule has 1 aliphatic heterocycles. The molecule has 2 aliphatic rings. The van der Waals surface area contributed by atoms with Gasteiger partial charge in [0.2, 0.25) is 0 Å². The minimum atomic E-state index is -0.116. The lowest BCUT2D eigenvalue weighted by molar-refractivity contribution is 0.498. The van der Waals surface area contributed by atoms with E-state index < -0.39 is 0 Å². The molecule has 1 aliphatic carbocycles. The van der Waals surface area contributed by atoms with E-state index in [1.807, 2.05) is 70.7 Å². The van der Waals surface area contributed by atoms with Gasteiger partial charge in [-0.05, 0) is 72.0 Å². The number of hydrogen-bond acceptors (Lipinski definition) is 3. The lowest BCUT2D eigenvalue weighted by Gasteiger charge is -2.36. The highest BCUT2D eigenvalue weighted by Crippen LogP contribution is 2.67. The monoisotopic (exact) mass is 494 g/mol. The molecule has 0 bridgehead atoms. The average Bonchev–Trinajstić information content (AvgIpc) is 3.64. The van der Waals surface area contributed by atoms with Crippen molar-refractivity contribution in [3.8, 4) is 6.07 Å². The number of nitriles is 1. The molecule has 194 valence electrons. The first kappa shape index (κ1) is 28.1. The van der Waals surface area contributed by atoms with Crippen LogP contribution in [0.4, 0.5) is 5.69 Å². The summed E-state index contributed by atoms with van der Waals surface area (Å²) >= 11 is 0. The van der Waals surface area contributed by atoms with Gasteiger partial charge in [0.1, 0.15) is 11.7 Å². The minimum Gasteiger partial charge on any atom is -0.288 e. The molecule has 1 unspecified atom stereocenters. The summed E-state index contributed by atoms with van der Waals surface area (Å²) in [4.78, 5) is 7.47. The summed E-state index contributed by atoms with van der Waals surface area (Å²) in [5, 5.41) is 20.8. The molecule has 0 aromatic heterocycles. The molecule has 1 heterocycles. The number of fused-ring (bicyclic) bond motifs is 4. The van der Waals surface area contributed by atoms with Crippen LogP contribution in [0.1, 0.15) is 91.3 Å². The highest BCUT2D eigenvalue weighted by Gasteiger charge is 2.69. The fourth-order valence-electron chi connectivity index (χ4n) is 5.71. The summed E-state index contributed by atoms with van der Waals surface area (Å²) < 4.78 is 0. The first-order valence-corrected chi connectivity index (χ1v) is 13.9. The van der Waals surface area contributed by atoms with E-state index in [0.717, 1.165) is 36.3 Å². The number of nitrogens with zero attached hydrogens (tertiary/aromatic N) is 3. The second-order valence-corrected chi connectivity index (χ2v) is 9.71. The number of benzene rings is 3. The first-order chi connectivity index (χ1) is 17.9. The zero-order valence-corrected chi connectivity index (χ0v) is 23.8. The van der Waals surface area contributed by atoms with Gasteiger partial charge in [-0.1, -0.05) is 79.7 Å². The van der Waals surface area contributed by atoms with Crippen molar-refractivity contribution in [1.82, 2.24) is 0 Å². The number of hydrogen-bond donors (Lipinski definition) is 1. The molecule has 1 N–H and O–H groups in total. The number of rotatable bonds is 4. The number of anilines is 1. The molecule has 0 radical (unpaired) electrons. The van der Waals surface area contributed by atoms with Crippen molar-refractivity contribution in [3.63, 3.8) is 0 Å². The molecule has 1 saturated carbocycles. The van der Waals surface area contributed by atoms with Crippen molar-refractivity contribution in [2.24, 2.45) is 10.9 Å². The van der Waals surface area contributed by atoms with Gasteiger partial charge < -0.3 is 0 Å². The predicted molar refractivity (Wildman–Crippen MR) is 159 cm³/mol. The van der Waals surface area contributed by atoms with E-state index in [1.54, 1.807) is 0 Å². The lowest BCUT2D eigenvalue weighted by Crippen LogP contribution is -2.44. The molecule has 0 saturated heterocycles. The zero-order chi connectivity index (χ0) is 27.4. The summed E-state index contributed by atoms with van der Waals surface area (Å²) in [7, 11) is 0. The normalized spacial score (nSPS) is 20.7. The third-order valence-corrected chi connectivity index (χ3v) is 7.76. The Balaban J connectivity index is 0.000000907. The summed E-state index contributed by atoms with van der Waals surface area (Å²) in [6, 6.07) is 22.9. The van der Waals surface area contributed by atoms with Crippen molar-refractivity contribution in [2.45, 2.75) is 85.6 Å². The predicted octanol–water partition coefficient (Wildman–Crippen LogP) is 8.86. The van der Waals surface area contributed by atoms with Crippen LogP contribution in [0, 0.1) is 22.7 Å². The van der Waals surface area contributed by atoms with Crippen LogP contribution in [0.3, 0.4) is 0 Å². The van der Waals surface area contributed by atoms with Crippen LogP contribution < -0.4 is 4.90 Å². The van der Waals surface area contributed by atoms with Gasteiger partial charge >= 0.3 is 0 Å². The summed E-state index contributed by atoms with van der Waals surface area (Å²) in [6.07, 6.45) is 3.09. The number of nitrogens with one attached hydrogen (secondary N) is 1. The molecule has 1 fully saturated rings. The highest BCUT2D eigenvalue weighted by molar-refractivity contribution is 6.26.